The number of hydrogen-bond donors (Lipinski definition) is 3. The van der Waals surface area contributed by atoms with Gasteiger partial charge in [-0.05, 0) is 18.9 Å². The normalized spacial score (nSPS) is 17.4. The molecule has 1 aromatic carbocycles. The third-order valence-corrected chi connectivity index (χ3v) is 4.40. The van der Waals surface area contributed by atoms with Gasteiger partial charge in [-0.25, -0.2) is 4.79 Å². The summed E-state index contributed by atoms with van der Waals surface area (Å²) >= 11 is 0. The quantitative estimate of drug-likeness (QED) is 0.788. The molecule has 2 aromatic rings. The number of furan rings is 1. The van der Waals surface area contributed by atoms with Gasteiger partial charge in [0.25, 0.3) is 0 Å². The number of carboxylic acids is 1. The zero-order valence-electron chi connectivity index (χ0n) is 11.8. The molecule has 0 atom stereocenters. The number of carbonyl (C=O) groups is 1. The van der Waals surface area contributed by atoms with Crippen LogP contribution in [0.25, 0.3) is 11.0 Å². The van der Waals surface area contributed by atoms with Gasteiger partial charge in [-0.3, -0.25) is 0 Å². The molecule has 0 bridgehead atoms. The molecule has 0 radical (unpaired) electrons. The third-order valence-electron chi connectivity index (χ3n) is 4.40. The van der Waals surface area contributed by atoms with Crippen LogP contribution >= 0.6 is 0 Å². The lowest BCUT2D eigenvalue weighted by atomic mass is 9.98. The fourth-order valence-electron chi connectivity index (χ4n) is 3.17. The molecule has 3 rings (SSSR count). The van der Waals surface area contributed by atoms with Crippen molar-refractivity contribution in [1.29, 1.82) is 0 Å². The highest BCUT2D eigenvalue weighted by atomic mass is 16.4. The average Bonchev–Trinajstić information content (AvgIpc) is 3.10. The Bertz CT molecular complexity index is 655. The SMILES string of the molecule is O=C(O)c1oc2ccccc2c1CNC1(CO)CCCC1. The Balaban J connectivity index is 1.92. The molecule has 1 heterocycles. The van der Waals surface area contributed by atoms with Crippen molar-refractivity contribution in [3.05, 3.63) is 35.6 Å². The Morgan fingerprint density at radius 3 is 2.67 bits per heavy atom. The topological polar surface area (TPSA) is 82.7 Å². The average molecular weight is 289 g/mol. The summed E-state index contributed by atoms with van der Waals surface area (Å²) in [6.45, 7) is 0.463. The van der Waals surface area contributed by atoms with Crippen LogP contribution in [-0.4, -0.2) is 28.3 Å². The van der Waals surface area contributed by atoms with Gasteiger partial charge in [-0.2, -0.15) is 0 Å². The zero-order valence-corrected chi connectivity index (χ0v) is 11.8. The molecular weight excluding hydrogens is 270 g/mol. The van der Waals surface area contributed by atoms with Gasteiger partial charge in [0.2, 0.25) is 5.76 Å². The molecular formula is C16H19NO4. The summed E-state index contributed by atoms with van der Waals surface area (Å²) in [4.78, 5) is 11.4. The van der Waals surface area contributed by atoms with Crippen LogP contribution in [0.3, 0.4) is 0 Å². The van der Waals surface area contributed by atoms with E-state index in [1.807, 2.05) is 18.2 Å². The Morgan fingerprint density at radius 1 is 1.29 bits per heavy atom. The Kier molecular flexibility index (Phi) is 3.69. The molecule has 1 aliphatic carbocycles. The second-order valence-corrected chi connectivity index (χ2v) is 5.71. The molecule has 1 fully saturated rings. The predicted molar refractivity (Wildman–Crippen MR) is 78.3 cm³/mol. The van der Waals surface area contributed by atoms with E-state index < -0.39 is 5.97 Å². The number of aliphatic hydroxyl groups is 1. The highest BCUT2D eigenvalue weighted by Gasteiger charge is 2.33. The van der Waals surface area contributed by atoms with Crippen LogP contribution in [0.15, 0.2) is 28.7 Å². The fraction of sp³-hybridized carbons (Fsp3) is 0.438. The minimum Gasteiger partial charge on any atom is -0.475 e. The summed E-state index contributed by atoms with van der Waals surface area (Å²) in [7, 11) is 0. The van der Waals surface area contributed by atoms with Gasteiger partial charge >= 0.3 is 5.97 Å². The highest BCUT2D eigenvalue weighted by molar-refractivity contribution is 5.95. The van der Waals surface area contributed by atoms with E-state index in [9.17, 15) is 15.0 Å². The summed E-state index contributed by atoms with van der Waals surface area (Å²) in [5, 5.41) is 23.1. The number of nitrogens with one attached hydrogen (secondary N) is 1. The van der Waals surface area contributed by atoms with E-state index in [-0.39, 0.29) is 17.9 Å². The molecule has 1 aromatic heterocycles. The van der Waals surface area contributed by atoms with Gasteiger partial charge in [-0.15, -0.1) is 0 Å². The number of hydrogen-bond acceptors (Lipinski definition) is 4. The molecule has 1 aliphatic rings. The largest absolute Gasteiger partial charge is 0.475 e. The van der Waals surface area contributed by atoms with Crippen LogP contribution in [0, 0.1) is 0 Å². The van der Waals surface area contributed by atoms with Crippen LogP contribution < -0.4 is 5.32 Å². The van der Waals surface area contributed by atoms with E-state index in [0.717, 1.165) is 31.1 Å². The van der Waals surface area contributed by atoms with Crippen molar-refractivity contribution in [1.82, 2.24) is 5.32 Å². The third kappa shape index (κ3) is 2.54. The van der Waals surface area contributed by atoms with E-state index >= 15 is 0 Å². The van der Waals surface area contributed by atoms with Crippen LogP contribution in [0.1, 0.15) is 41.8 Å². The van der Waals surface area contributed by atoms with Crippen molar-refractivity contribution >= 4 is 16.9 Å². The van der Waals surface area contributed by atoms with Gasteiger partial charge in [0.1, 0.15) is 5.58 Å². The Labute approximate surface area is 122 Å². The highest BCUT2D eigenvalue weighted by Crippen LogP contribution is 2.31. The van der Waals surface area contributed by atoms with Crippen LogP contribution in [0.5, 0.6) is 0 Å². The molecule has 3 N–H and O–H groups in total. The molecule has 112 valence electrons. The summed E-state index contributed by atoms with van der Waals surface area (Å²) in [6.07, 6.45) is 4.01. The summed E-state index contributed by atoms with van der Waals surface area (Å²) < 4.78 is 5.44. The number of para-hydroxylation sites is 1. The van der Waals surface area contributed by atoms with Gasteiger partial charge in [0.05, 0.1) is 6.61 Å². The smallest absolute Gasteiger partial charge is 0.372 e. The van der Waals surface area contributed by atoms with Gasteiger partial charge < -0.3 is 19.9 Å². The first-order valence-corrected chi connectivity index (χ1v) is 7.25. The monoisotopic (exact) mass is 289 g/mol. The van der Waals surface area contributed by atoms with Gasteiger partial charge in [0.15, 0.2) is 0 Å². The van der Waals surface area contributed by atoms with Crippen LogP contribution in [0.2, 0.25) is 0 Å². The molecule has 0 spiro atoms. The number of carboxylic acid groups (broad SMARTS) is 1. The van der Waals surface area contributed by atoms with E-state index in [2.05, 4.69) is 5.32 Å². The van der Waals surface area contributed by atoms with Gasteiger partial charge in [-0.1, -0.05) is 31.0 Å². The van der Waals surface area contributed by atoms with Crippen molar-refractivity contribution in [3.8, 4) is 0 Å². The maximum Gasteiger partial charge on any atom is 0.372 e. The van der Waals surface area contributed by atoms with Crippen LogP contribution in [-0.2, 0) is 6.54 Å². The lowest BCUT2D eigenvalue weighted by Gasteiger charge is -2.28. The molecule has 0 aliphatic heterocycles. The number of benzene rings is 1. The van der Waals surface area contributed by atoms with Gasteiger partial charge in [0, 0.05) is 23.0 Å². The minimum absolute atomic E-state index is 0.0187. The second kappa shape index (κ2) is 5.50. The van der Waals surface area contributed by atoms with Crippen molar-refractivity contribution in [3.63, 3.8) is 0 Å². The molecule has 5 heteroatoms. The molecule has 0 amide bonds. The molecule has 21 heavy (non-hydrogen) atoms. The Morgan fingerprint density at radius 2 is 2.00 bits per heavy atom. The molecule has 0 saturated heterocycles. The Hall–Kier alpha value is -1.85. The lowest BCUT2D eigenvalue weighted by molar-refractivity contribution is 0.0662. The number of fused-ring (bicyclic) bond motifs is 1. The number of aliphatic hydroxyl groups excluding tert-OH is 1. The van der Waals surface area contributed by atoms with Crippen LogP contribution in [0.4, 0.5) is 0 Å². The molecule has 5 nitrogen and oxygen atoms in total. The van der Waals surface area contributed by atoms with Crippen molar-refractivity contribution < 1.29 is 19.4 Å². The van der Waals surface area contributed by atoms with E-state index in [4.69, 9.17) is 4.42 Å². The predicted octanol–water partition coefficient (Wildman–Crippen LogP) is 2.53. The maximum atomic E-state index is 11.4. The maximum absolute atomic E-state index is 11.4. The molecule has 1 saturated carbocycles. The first-order chi connectivity index (χ1) is 10.2. The number of rotatable bonds is 5. The van der Waals surface area contributed by atoms with Crippen molar-refractivity contribution in [2.24, 2.45) is 0 Å². The van der Waals surface area contributed by atoms with Crippen molar-refractivity contribution in [2.45, 2.75) is 37.8 Å². The minimum atomic E-state index is -1.06. The standard InChI is InChI=1S/C16H19NO4/c18-10-16(7-3-4-8-16)17-9-12-11-5-1-2-6-13(11)21-14(12)15(19)20/h1-2,5-6,17-18H,3-4,7-10H2,(H,19,20). The van der Waals surface area contributed by atoms with Crippen molar-refractivity contribution in [2.75, 3.05) is 6.61 Å². The molecule has 0 unspecified atom stereocenters. The second-order valence-electron chi connectivity index (χ2n) is 5.71. The summed E-state index contributed by atoms with van der Waals surface area (Å²) in [5.74, 6) is -1.08. The fourth-order valence-corrected chi connectivity index (χ4v) is 3.17. The first kappa shape index (κ1) is 14.1. The van der Waals surface area contributed by atoms with E-state index in [1.165, 1.54) is 0 Å². The first-order valence-electron chi connectivity index (χ1n) is 7.25. The summed E-state index contributed by atoms with van der Waals surface area (Å²) in [5.41, 5.74) is 0.947. The van der Waals surface area contributed by atoms with E-state index in [0.29, 0.717) is 17.7 Å². The summed E-state index contributed by atoms with van der Waals surface area (Å²) in [6, 6.07) is 7.32. The number of aromatic carboxylic acids is 1. The lowest BCUT2D eigenvalue weighted by Crippen LogP contribution is -2.45. The zero-order chi connectivity index (χ0) is 14.9. The van der Waals surface area contributed by atoms with E-state index in [1.54, 1.807) is 6.07 Å².